The summed E-state index contributed by atoms with van der Waals surface area (Å²) < 4.78 is 0. The van der Waals surface area contributed by atoms with E-state index in [1.807, 2.05) is 18.2 Å². The summed E-state index contributed by atoms with van der Waals surface area (Å²) in [6.07, 6.45) is 3.72. The lowest BCUT2D eigenvalue weighted by molar-refractivity contribution is -0.111. The molecule has 0 aromatic heterocycles. The van der Waals surface area contributed by atoms with Crippen LogP contribution in [-0.4, -0.2) is 11.6 Å². The molecule has 3 heteroatoms. The van der Waals surface area contributed by atoms with Crippen LogP contribution >= 0.6 is 0 Å². The molecule has 2 aliphatic rings. The van der Waals surface area contributed by atoms with Crippen LogP contribution < -0.4 is 5.06 Å². The van der Waals surface area contributed by atoms with Crippen molar-refractivity contribution in [3.63, 3.8) is 0 Å². The third-order valence-corrected chi connectivity index (χ3v) is 3.12. The Bertz CT molecular complexity index is 510. The molecule has 0 unspecified atom stereocenters. The van der Waals surface area contributed by atoms with Crippen molar-refractivity contribution >= 4 is 12.1 Å². The minimum Gasteiger partial charge on any atom is -0.281 e. The first-order chi connectivity index (χ1) is 8.76. The number of carbonyl (C=O) groups is 1. The van der Waals surface area contributed by atoms with Crippen molar-refractivity contribution in [2.45, 2.75) is 26.2 Å². The maximum atomic E-state index is 10.6. The van der Waals surface area contributed by atoms with Gasteiger partial charge in [-0.3, -0.25) is 10.0 Å². The topological polar surface area (TPSA) is 40.5 Å². The van der Waals surface area contributed by atoms with Gasteiger partial charge in [-0.1, -0.05) is 37.6 Å². The van der Waals surface area contributed by atoms with Crippen molar-refractivity contribution < 1.29 is 10.0 Å². The van der Waals surface area contributed by atoms with Crippen LogP contribution in [0.25, 0.3) is 11.1 Å². The van der Waals surface area contributed by atoms with Crippen LogP contribution in [0.15, 0.2) is 36.4 Å². The number of carbonyl (C=O) groups excluding carboxylic acids is 1. The predicted octanol–water partition coefficient (Wildman–Crippen LogP) is 3.49. The summed E-state index contributed by atoms with van der Waals surface area (Å²) in [5.74, 6) is 0. The van der Waals surface area contributed by atoms with Crippen molar-refractivity contribution in [3.8, 4) is 11.1 Å². The molecular weight excluding hydrogens is 226 g/mol. The van der Waals surface area contributed by atoms with Crippen LogP contribution in [-0.2, 0) is 11.2 Å². The zero-order valence-electron chi connectivity index (χ0n) is 10.5. The van der Waals surface area contributed by atoms with Crippen LogP contribution in [0.4, 0.5) is 5.69 Å². The van der Waals surface area contributed by atoms with Gasteiger partial charge < -0.3 is 0 Å². The fraction of sp³-hybridized carbons (Fsp3) is 0.267. The van der Waals surface area contributed by atoms with Crippen LogP contribution in [0.2, 0.25) is 0 Å². The summed E-state index contributed by atoms with van der Waals surface area (Å²) in [7, 11) is 0. The molecule has 0 aromatic carbocycles. The van der Waals surface area contributed by atoms with Crippen LogP contribution in [0, 0.1) is 0 Å². The molecule has 1 amide bonds. The zero-order valence-corrected chi connectivity index (χ0v) is 10.5. The van der Waals surface area contributed by atoms with Gasteiger partial charge in [0.15, 0.2) is 0 Å². The highest BCUT2D eigenvalue weighted by atomic mass is 16.5. The molecule has 0 heterocycles. The summed E-state index contributed by atoms with van der Waals surface area (Å²) in [5, 5.41) is 10.1. The summed E-state index contributed by atoms with van der Waals surface area (Å²) in [4.78, 5) is 10.6. The van der Waals surface area contributed by atoms with E-state index in [1.54, 1.807) is 6.07 Å². The van der Waals surface area contributed by atoms with E-state index in [0.29, 0.717) is 17.2 Å². The van der Waals surface area contributed by atoms with Crippen molar-refractivity contribution in [1.82, 2.24) is 0 Å². The highest BCUT2D eigenvalue weighted by Gasteiger charge is 2.10. The molecule has 0 saturated heterocycles. The van der Waals surface area contributed by atoms with Gasteiger partial charge in [0.1, 0.15) is 0 Å². The lowest BCUT2D eigenvalue weighted by Crippen LogP contribution is -2.13. The highest BCUT2D eigenvalue weighted by Crippen LogP contribution is 2.31. The number of anilines is 1. The van der Waals surface area contributed by atoms with Gasteiger partial charge in [0.2, 0.25) is 6.41 Å². The third-order valence-electron chi connectivity index (χ3n) is 3.12. The van der Waals surface area contributed by atoms with E-state index in [2.05, 4.69) is 19.1 Å². The molecule has 18 heavy (non-hydrogen) atoms. The molecule has 2 rings (SSSR count). The number of nitrogens with zero attached hydrogens (tertiary/aromatic N) is 1. The normalized spacial score (nSPS) is 10.6. The quantitative estimate of drug-likeness (QED) is 0.496. The lowest BCUT2D eigenvalue weighted by atomic mass is 10.0. The second-order valence-corrected chi connectivity index (χ2v) is 4.38. The Labute approximate surface area is 107 Å². The minimum atomic E-state index is 0.399. The molecule has 0 aliphatic heterocycles. The Morgan fingerprint density at radius 3 is 2.83 bits per heavy atom. The number of hydrogen-bond donors (Lipinski definition) is 1. The standard InChI is InChI=1S/C15H17NO2/c1-2-3-5-12-8-9-13-6-4-7-14(10-15(12)13)16(18)11-17/h4,6-11,18H,2-3,5H2,1H3. The number of hydrogen-bond acceptors (Lipinski definition) is 2. The Morgan fingerprint density at radius 2 is 2.11 bits per heavy atom. The monoisotopic (exact) mass is 243 g/mol. The van der Waals surface area contributed by atoms with E-state index in [0.717, 1.165) is 30.4 Å². The molecule has 0 aromatic rings. The molecular formula is C15H17NO2. The van der Waals surface area contributed by atoms with Crippen LogP contribution in [0.5, 0.6) is 0 Å². The number of fused-ring (bicyclic) bond motifs is 1. The van der Waals surface area contributed by atoms with Crippen LogP contribution in [0.1, 0.15) is 25.3 Å². The van der Waals surface area contributed by atoms with Gasteiger partial charge in [0.05, 0.1) is 5.69 Å². The maximum Gasteiger partial charge on any atom is 0.237 e. The first-order valence-corrected chi connectivity index (χ1v) is 6.21. The average Bonchev–Trinajstić information content (AvgIpc) is 2.64. The zero-order chi connectivity index (χ0) is 13.0. The predicted molar refractivity (Wildman–Crippen MR) is 72.0 cm³/mol. The second-order valence-electron chi connectivity index (χ2n) is 4.38. The van der Waals surface area contributed by atoms with Crippen molar-refractivity contribution in [1.29, 1.82) is 0 Å². The van der Waals surface area contributed by atoms with Gasteiger partial charge in [-0.25, -0.2) is 0 Å². The van der Waals surface area contributed by atoms with Crippen molar-refractivity contribution in [3.05, 3.63) is 42.0 Å². The van der Waals surface area contributed by atoms with Gasteiger partial charge in [0.25, 0.3) is 0 Å². The average molecular weight is 243 g/mol. The molecule has 3 nitrogen and oxygen atoms in total. The summed E-state index contributed by atoms with van der Waals surface area (Å²) in [6.45, 7) is 2.17. The van der Waals surface area contributed by atoms with Crippen molar-refractivity contribution in [2.24, 2.45) is 0 Å². The SMILES string of the molecule is CCCCc1ccc2cccc(N(O)C=O)cc1-2. The first-order valence-electron chi connectivity index (χ1n) is 6.21. The molecule has 0 spiro atoms. The highest BCUT2D eigenvalue weighted by molar-refractivity contribution is 5.78. The van der Waals surface area contributed by atoms with Crippen molar-refractivity contribution in [2.75, 3.05) is 5.06 Å². The Hall–Kier alpha value is -1.87. The fourth-order valence-corrected chi connectivity index (χ4v) is 2.11. The number of unbranched alkanes of at least 4 members (excludes halogenated alkanes) is 1. The van der Waals surface area contributed by atoms with Gasteiger partial charge in [0, 0.05) is 0 Å². The summed E-state index contributed by atoms with van der Waals surface area (Å²) >= 11 is 0. The molecule has 0 radical (unpaired) electrons. The largest absolute Gasteiger partial charge is 0.281 e. The number of amides is 1. The molecule has 1 N–H and O–H groups in total. The van der Waals surface area contributed by atoms with Gasteiger partial charge in [-0.15, -0.1) is 0 Å². The van der Waals surface area contributed by atoms with E-state index in [4.69, 9.17) is 0 Å². The molecule has 0 atom stereocenters. The molecule has 0 bridgehead atoms. The van der Waals surface area contributed by atoms with Gasteiger partial charge in [-0.2, -0.15) is 5.06 Å². The molecule has 0 saturated carbocycles. The van der Waals surface area contributed by atoms with Gasteiger partial charge >= 0.3 is 0 Å². The van der Waals surface area contributed by atoms with E-state index in [1.165, 1.54) is 5.56 Å². The fourth-order valence-electron chi connectivity index (χ4n) is 2.11. The first kappa shape index (κ1) is 12.6. The maximum absolute atomic E-state index is 10.6. The Kier molecular flexibility index (Phi) is 3.95. The number of rotatable bonds is 5. The van der Waals surface area contributed by atoms with E-state index in [9.17, 15) is 10.0 Å². The Balaban J connectivity index is 2.42. The number of hydroxylamine groups is 1. The molecule has 94 valence electrons. The minimum absolute atomic E-state index is 0.399. The summed E-state index contributed by atoms with van der Waals surface area (Å²) in [6, 6.07) is 11.6. The van der Waals surface area contributed by atoms with E-state index >= 15 is 0 Å². The Morgan fingerprint density at radius 1 is 1.28 bits per heavy atom. The van der Waals surface area contributed by atoms with Gasteiger partial charge in [-0.05, 0) is 41.7 Å². The smallest absolute Gasteiger partial charge is 0.237 e. The molecule has 2 aliphatic carbocycles. The van der Waals surface area contributed by atoms with E-state index < -0.39 is 0 Å². The lowest BCUT2D eigenvalue weighted by Gasteiger charge is -2.07. The second kappa shape index (κ2) is 5.65. The van der Waals surface area contributed by atoms with E-state index in [-0.39, 0.29) is 0 Å². The number of aryl methyl sites for hydroxylation is 1. The van der Waals surface area contributed by atoms with Crippen LogP contribution in [0.3, 0.4) is 0 Å². The third kappa shape index (κ3) is 2.51. The summed E-state index contributed by atoms with van der Waals surface area (Å²) in [5.41, 5.74) is 3.99. The molecule has 0 fully saturated rings.